The van der Waals surface area contributed by atoms with Crippen LogP contribution in [0, 0.1) is 11.8 Å². The van der Waals surface area contributed by atoms with E-state index >= 15 is 0 Å². The highest BCUT2D eigenvalue weighted by atomic mass is 32.2. The van der Waals surface area contributed by atoms with Crippen LogP contribution in [-0.4, -0.2) is 27.8 Å². The van der Waals surface area contributed by atoms with Crippen LogP contribution < -0.4 is 0 Å². The molecule has 0 aliphatic heterocycles. The Balaban J connectivity index is 1.45. The topological polar surface area (TPSA) is 52.1 Å². The van der Waals surface area contributed by atoms with E-state index < -0.39 is 0 Å². The third-order valence-electron chi connectivity index (χ3n) is 5.57. The minimum atomic E-state index is -0.112. The van der Waals surface area contributed by atoms with Crippen LogP contribution in [0.5, 0.6) is 0 Å². The molecule has 4 rings (SSSR count). The van der Waals surface area contributed by atoms with Gasteiger partial charge in [-0.25, -0.2) is 9.97 Å². The minimum Gasteiger partial charge on any atom is -0.462 e. The number of rotatable bonds is 4. The predicted octanol–water partition coefficient (Wildman–Crippen LogP) is 5.03. The molecule has 2 aliphatic rings. The van der Waals surface area contributed by atoms with Crippen LogP contribution >= 0.6 is 23.1 Å². The number of nitrogens with zero attached hydrogens (tertiary/aromatic N) is 2. The van der Waals surface area contributed by atoms with Gasteiger partial charge < -0.3 is 4.74 Å². The molecule has 0 radical (unpaired) electrons. The SMILES string of the molecule is C[C@H]1CCc2c(sc3ncnc(SCC(=O)O[C@@H]4CCC[C@H](C)C4)c23)C1. The fourth-order valence-electron chi connectivity index (χ4n) is 4.19. The lowest BCUT2D eigenvalue weighted by atomic mass is 9.89. The lowest BCUT2D eigenvalue weighted by Crippen LogP contribution is -2.25. The lowest BCUT2D eigenvalue weighted by molar-refractivity contribution is -0.147. The molecule has 0 amide bonds. The fraction of sp³-hybridized carbons (Fsp3) is 0.650. The number of fused-ring (bicyclic) bond motifs is 3. The number of hydrogen-bond acceptors (Lipinski definition) is 6. The molecule has 2 aromatic rings. The van der Waals surface area contributed by atoms with Crippen molar-refractivity contribution in [1.29, 1.82) is 0 Å². The predicted molar refractivity (Wildman–Crippen MR) is 107 cm³/mol. The van der Waals surface area contributed by atoms with Crippen LogP contribution in [0.2, 0.25) is 0 Å². The molecule has 0 aromatic carbocycles. The summed E-state index contributed by atoms with van der Waals surface area (Å²) < 4.78 is 5.70. The Bertz CT molecular complexity index is 804. The van der Waals surface area contributed by atoms with Crippen molar-refractivity contribution in [2.24, 2.45) is 11.8 Å². The molecule has 0 saturated heterocycles. The van der Waals surface area contributed by atoms with Gasteiger partial charge in [-0.2, -0.15) is 0 Å². The number of carbonyl (C=O) groups is 1. The summed E-state index contributed by atoms with van der Waals surface area (Å²) in [6.07, 6.45) is 9.63. The number of carbonyl (C=O) groups excluding carboxylic acids is 1. The Kier molecular flexibility index (Phi) is 5.50. The quantitative estimate of drug-likeness (QED) is 0.416. The summed E-state index contributed by atoms with van der Waals surface area (Å²) in [5.74, 6) is 1.62. The zero-order valence-corrected chi connectivity index (χ0v) is 17.1. The van der Waals surface area contributed by atoms with E-state index in [0.29, 0.717) is 11.7 Å². The van der Waals surface area contributed by atoms with E-state index in [1.165, 1.54) is 40.4 Å². The first-order chi connectivity index (χ1) is 12.6. The molecule has 0 N–H and O–H groups in total. The van der Waals surface area contributed by atoms with Crippen LogP contribution in [-0.2, 0) is 22.4 Å². The van der Waals surface area contributed by atoms with E-state index in [9.17, 15) is 4.79 Å². The van der Waals surface area contributed by atoms with Crippen molar-refractivity contribution < 1.29 is 9.53 Å². The molecule has 26 heavy (non-hydrogen) atoms. The Morgan fingerprint density at radius 1 is 1.27 bits per heavy atom. The molecular formula is C20H26N2O2S2. The molecule has 2 heterocycles. The zero-order valence-electron chi connectivity index (χ0n) is 15.5. The van der Waals surface area contributed by atoms with Gasteiger partial charge in [-0.1, -0.05) is 32.0 Å². The van der Waals surface area contributed by atoms with E-state index in [1.807, 2.05) is 0 Å². The third kappa shape index (κ3) is 3.91. The van der Waals surface area contributed by atoms with Gasteiger partial charge in [-0.05, 0) is 55.9 Å². The maximum Gasteiger partial charge on any atom is 0.316 e. The van der Waals surface area contributed by atoms with Crippen LogP contribution in [0.4, 0.5) is 0 Å². The van der Waals surface area contributed by atoms with Crippen LogP contribution in [0.3, 0.4) is 0 Å². The van der Waals surface area contributed by atoms with E-state index in [4.69, 9.17) is 4.74 Å². The largest absolute Gasteiger partial charge is 0.462 e. The smallest absolute Gasteiger partial charge is 0.316 e. The van der Waals surface area contributed by atoms with Gasteiger partial charge in [0.05, 0.1) is 5.75 Å². The Morgan fingerprint density at radius 2 is 2.15 bits per heavy atom. The number of hydrogen-bond donors (Lipinski definition) is 0. The van der Waals surface area contributed by atoms with Crippen molar-refractivity contribution in [3.05, 3.63) is 16.8 Å². The molecular weight excluding hydrogens is 364 g/mol. The summed E-state index contributed by atoms with van der Waals surface area (Å²) in [6.45, 7) is 4.56. The fourth-order valence-corrected chi connectivity index (χ4v) is 6.41. The van der Waals surface area contributed by atoms with E-state index in [1.54, 1.807) is 17.7 Å². The molecule has 2 aliphatic carbocycles. The van der Waals surface area contributed by atoms with Gasteiger partial charge in [-0.15, -0.1) is 11.3 Å². The molecule has 6 heteroatoms. The van der Waals surface area contributed by atoms with Crippen molar-refractivity contribution >= 4 is 39.3 Å². The molecule has 3 atom stereocenters. The average molecular weight is 391 g/mol. The highest BCUT2D eigenvalue weighted by Crippen LogP contribution is 2.40. The maximum atomic E-state index is 12.3. The number of aromatic nitrogens is 2. The van der Waals surface area contributed by atoms with Gasteiger partial charge in [0, 0.05) is 10.3 Å². The van der Waals surface area contributed by atoms with Gasteiger partial charge >= 0.3 is 5.97 Å². The molecule has 1 saturated carbocycles. The van der Waals surface area contributed by atoms with Crippen molar-refractivity contribution in [2.75, 3.05) is 5.75 Å². The molecule has 4 nitrogen and oxygen atoms in total. The second-order valence-electron chi connectivity index (χ2n) is 7.88. The first-order valence-electron chi connectivity index (χ1n) is 9.67. The normalized spacial score (nSPS) is 25.8. The van der Waals surface area contributed by atoms with E-state index in [-0.39, 0.29) is 12.1 Å². The Hall–Kier alpha value is -1.14. The van der Waals surface area contributed by atoms with Gasteiger partial charge in [0.25, 0.3) is 0 Å². The number of thiophene rings is 1. The van der Waals surface area contributed by atoms with Crippen LogP contribution in [0.15, 0.2) is 11.4 Å². The molecule has 2 aromatic heterocycles. The summed E-state index contributed by atoms with van der Waals surface area (Å²) in [4.78, 5) is 23.8. The average Bonchev–Trinajstić information content (AvgIpc) is 2.98. The minimum absolute atomic E-state index is 0.104. The van der Waals surface area contributed by atoms with Crippen molar-refractivity contribution in [3.63, 3.8) is 0 Å². The monoisotopic (exact) mass is 390 g/mol. The number of aryl methyl sites for hydroxylation is 1. The molecule has 1 fully saturated rings. The highest BCUT2D eigenvalue weighted by molar-refractivity contribution is 8.00. The molecule has 140 valence electrons. The number of thioether (sulfide) groups is 1. The zero-order chi connectivity index (χ0) is 18.1. The molecule has 0 bridgehead atoms. The summed E-state index contributed by atoms with van der Waals surface area (Å²) in [5, 5.41) is 2.12. The Labute approximate surface area is 163 Å². The highest BCUT2D eigenvalue weighted by Gasteiger charge is 2.25. The lowest BCUT2D eigenvalue weighted by Gasteiger charge is -2.26. The summed E-state index contributed by atoms with van der Waals surface area (Å²) in [5.41, 5.74) is 1.42. The Morgan fingerprint density at radius 3 is 3.00 bits per heavy atom. The molecule has 0 unspecified atom stereocenters. The van der Waals surface area contributed by atoms with Gasteiger partial charge in [0.1, 0.15) is 22.3 Å². The van der Waals surface area contributed by atoms with E-state index in [2.05, 4.69) is 23.8 Å². The van der Waals surface area contributed by atoms with E-state index in [0.717, 1.165) is 47.9 Å². The first kappa shape index (κ1) is 18.2. The second-order valence-corrected chi connectivity index (χ2v) is 9.93. The number of esters is 1. The van der Waals surface area contributed by atoms with Crippen molar-refractivity contribution in [3.8, 4) is 0 Å². The summed E-state index contributed by atoms with van der Waals surface area (Å²) >= 11 is 3.31. The van der Waals surface area contributed by atoms with Crippen LogP contribution in [0.1, 0.15) is 56.4 Å². The van der Waals surface area contributed by atoms with Crippen LogP contribution in [0.25, 0.3) is 10.2 Å². The standard InChI is InChI=1S/C20H26N2O2S2/c1-12-4-3-5-14(8-12)24-17(23)10-25-19-18-15-7-6-13(2)9-16(15)26-20(18)22-11-21-19/h11-14H,3-10H2,1-2H3/t12-,13-,14+/m0/s1. The first-order valence-corrected chi connectivity index (χ1v) is 11.5. The van der Waals surface area contributed by atoms with Gasteiger partial charge in [-0.3, -0.25) is 4.79 Å². The van der Waals surface area contributed by atoms with Gasteiger partial charge in [0.15, 0.2) is 0 Å². The van der Waals surface area contributed by atoms with Crippen molar-refractivity contribution in [1.82, 2.24) is 9.97 Å². The maximum absolute atomic E-state index is 12.3. The molecule has 0 spiro atoms. The third-order valence-corrected chi connectivity index (χ3v) is 7.70. The summed E-state index contributed by atoms with van der Waals surface area (Å²) in [7, 11) is 0. The number of ether oxygens (including phenoxy) is 1. The second kappa shape index (κ2) is 7.85. The van der Waals surface area contributed by atoms with Gasteiger partial charge in [0.2, 0.25) is 0 Å². The summed E-state index contributed by atoms with van der Waals surface area (Å²) in [6, 6.07) is 0. The van der Waals surface area contributed by atoms with Crippen molar-refractivity contribution in [2.45, 2.75) is 69.9 Å².